The van der Waals surface area contributed by atoms with Crippen LogP contribution in [0.25, 0.3) is 0 Å². The fourth-order valence-electron chi connectivity index (χ4n) is 3.55. The molecule has 2 aliphatic heterocycles. The number of carbonyl (C=O) groups is 2. The van der Waals surface area contributed by atoms with E-state index in [1.165, 1.54) is 9.80 Å². The van der Waals surface area contributed by atoms with Gasteiger partial charge >= 0.3 is 0 Å². The van der Waals surface area contributed by atoms with Crippen molar-refractivity contribution in [1.29, 1.82) is 0 Å². The van der Waals surface area contributed by atoms with Crippen LogP contribution in [0.4, 0.5) is 0 Å². The highest BCUT2D eigenvalue weighted by Gasteiger charge is 2.27. The predicted octanol–water partition coefficient (Wildman–Crippen LogP) is 2.22. The highest BCUT2D eigenvalue weighted by atomic mass is 32.2. The minimum absolute atomic E-state index is 0.0535. The normalized spacial score (nSPS) is 21.1. The van der Waals surface area contributed by atoms with Crippen molar-refractivity contribution in [3.8, 4) is 0 Å². The van der Waals surface area contributed by atoms with E-state index < -0.39 is 0 Å². The van der Waals surface area contributed by atoms with Crippen molar-refractivity contribution in [2.75, 3.05) is 39.0 Å². The number of guanidine groups is 1. The highest BCUT2D eigenvalue weighted by molar-refractivity contribution is 7.99. The topological polar surface area (TPSA) is 65.0 Å². The van der Waals surface area contributed by atoms with E-state index in [1.54, 1.807) is 7.05 Å². The quantitative estimate of drug-likeness (QED) is 0.350. The molecule has 1 N–H and O–H groups in total. The van der Waals surface area contributed by atoms with Gasteiger partial charge in [-0.05, 0) is 30.9 Å². The number of piperidine rings is 1. The molecule has 1 atom stereocenters. The summed E-state index contributed by atoms with van der Waals surface area (Å²) < 4.78 is 0. The minimum Gasteiger partial charge on any atom is -0.354 e. The number of benzene rings is 1. The second-order valence-electron chi connectivity index (χ2n) is 6.99. The molecule has 1 unspecified atom stereocenters. The van der Waals surface area contributed by atoms with Crippen molar-refractivity contribution < 1.29 is 9.59 Å². The molecule has 0 aliphatic carbocycles. The standard InChI is InChI=1S/C20H28N4O2S/c1-21-20(22-11-13-24-18(25)8-5-9-19(24)26)23-12-10-16(14-23)15-27-17-6-3-2-4-7-17/h2-4,6-7,16H,5,8-15H2,1H3,(H,21,22). The van der Waals surface area contributed by atoms with Gasteiger partial charge in [0.2, 0.25) is 11.8 Å². The summed E-state index contributed by atoms with van der Waals surface area (Å²) in [4.78, 5) is 33.1. The van der Waals surface area contributed by atoms with E-state index in [-0.39, 0.29) is 11.8 Å². The lowest BCUT2D eigenvalue weighted by Crippen LogP contribution is -2.47. The number of amides is 2. The van der Waals surface area contributed by atoms with E-state index in [1.807, 2.05) is 17.8 Å². The van der Waals surface area contributed by atoms with E-state index >= 15 is 0 Å². The predicted molar refractivity (Wildman–Crippen MR) is 109 cm³/mol. The lowest BCUT2D eigenvalue weighted by Gasteiger charge is -2.26. The molecule has 2 saturated heterocycles. The SMILES string of the molecule is CN=C(NCCN1C(=O)CCCC1=O)N1CCC(CSc2ccccc2)C1. The zero-order valence-electron chi connectivity index (χ0n) is 15.9. The summed E-state index contributed by atoms with van der Waals surface area (Å²) in [5.74, 6) is 2.50. The van der Waals surface area contributed by atoms with Crippen LogP contribution in [0, 0.1) is 5.92 Å². The first-order valence-electron chi connectivity index (χ1n) is 9.64. The molecule has 1 aromatic carbocycles. The monoisotopic (exact) mass is 388 g/mol. The number of nitrogens with zero attached hydrogens (tertiary/aromatic N) is 3. The average molecular weight is 389 g/mol. The van der Waals surface area contributed by atoms with Gasteiger partial charge in [0.25, 0.3) is 0 Å². The first kappa shape index (κ1) is 19.7. The van der Waals surface area contributed by atoms with Gasteiger partial charge in [0.1, 0.15) is 0 Å². The van der Waals surface area contributed by atoms with Crippen LogP contribution in [0.5, 0.6) is 0 Å². The second kappa shape index (κ2) is 9.78. The van der Waals surface area contributed by atoms with E-state index in [0.717, 1.165) is 31.2 Å². The van der Waals surface area contributed by atoms with Crippen LogP contribution in [-0.4, -0.2) is 66.6 Å². The number of hydrogen-bond donors (Lipinski definition) is 1. The highest BCUT2D eigenvalue weighted by Crippen LogP contribution is 2.25. The first-order valence-corrected chi connectivity index (χ1v) is 10.6. The molecule has 1 aromatic rings. The second-order valence-corrected chi connectivity index (χ2v) is 8.08. The van der Waals surface area contributed by atoms with E-state index in [4.69, 9.17) is 0 Å². The van der Waals surface area contributed by atoms with Crippen molar-refractivity contribution >= 4 is 29.5 Å². The number of thioether (sulfide) groups is 1. The van der Waals surface area contributed by atoms with Crippen LogP contribution in [-0.2, 0) is 9.59 Å². The Bertz CT molecular complexity index is 664. The maximum Gasteiger partial charge on any atom is 0.229 e. The molecule has 146 valence electrons. The summed E-state index contributed by atoms with van der Waals surface area (Å²) in [5.41, 5.74) is 0. The molecule has 2 heterocycles. The Labute approximate surface area is 165 Å². The Balaban J connectivity index is 1.41. The summed E-state index contributed by atoms with van der Waals surface area (Å²) in [6, 6.07) is 10.5. The summed E-state index contributed by atoms with van der Waals surface area (Å²) in [5, 5.41) is 3.32. The molecule has 27 heavy (non-hydrogen) atoms. The third-order valence-electron chi connectivity index (χ3n) is 5.03. The van der Waals surface area contributed by atoms with Crippen molar-refractivity contribution in [1.82, 2.24) is 15.1 Å². The Kier molecular flexibility index (Phi) is 7.15. The van der Waals surface area contributed by atoms with Crippen LogP contribution < -0.4 is 5.32 Å². The first-order chi connectivity index (χ1) is 13.2. The van der Waals surface area contributed by atoms with Crippen LogP contribution in [0.15, 0.2) is 40.2 Å². The van der Waals surface area contributed by atoms with Gasteiger partial charge in [-0.1, -0.05) is 18.2 Å². The fraction of sp³-hybridized carbons (Fsp3) is 0.550. The maximum absolute atomic E-state index is 11.9. The van der Waals surface area contributed by atoms with Gasteiger partial charge < -0.3 is 10.2 Å². The fourth-order valence-corrected chi connectivity index (χ4v) is 4.60. The van der Waals surface area contributed by atoms with Crippen molar-refractivity contribution in [2.24, 2.45) is 10.9 Å². The van der Waals surface area contributed by atoms with Crippen molar-refractivity contribution in [3.63, 3.8) is 0 Å². The van der Waals surface area contributed by atoms with Gasteiger partial charge in [0.15, 0.2) is 5.96 Å². The molecule has 0 radical (unpaired) electrons. The lowest BCUT2D eigenvalue weighted by molar-refractivity contribution is -0.147. The molecule has 2 amide bonds. The molecule has 7 heteroatoms. The van der Waals surface area contributed by atoms with Crippen LogP contribution in [0.3, 0.4) is 0 Å². The smallest absolute Gasteiger partial charge is 0.229 e. The Hall–Kier alpha value is -2.02. The number of imide groups is 1. The summed E-state index contributed by atoms with van der Waals surface area (Å²) in [6.45, 7) is 2.93. The molecule has 3 rings (SSSR count). The minimum atomic E-state index is -0.0535. The largest absolute Gasteiger partial charge is 0.354 e. The van der Waals surface area contributed by atoms with Gasteiger partial charge in [-0.2, -0.15) is 0 Å². The molecule has 0 aromatic heterocycles. The molecule has 0 spiro atoms. The number of nitrogens with one attached hydrogen (secondary N) is 1. The van der Waals surface area contributed by atoms with Crippen molar-refractivity contribution in [2.45, 2.75) is 30.6 Å². The Morgan fingerprint density at radius 3 is 2.67 bits per heavy atom. The summed E-state index contributed by atoms with van der Waals surface area (Å²) in [7, 11) is 1.78. The van der Waals surface area contributed by atoms with Crippen LogP contribution in [0.1, 0.15) is 25.7 Å². The lowest BCUT2D eigenvalue weighted by atomic mass is 10.1. The van der Waals surface area contributed by atoms with Gasteiger partial charge in [-0.25, -0.2) is 0 Å². The number of rotatable bonds is 6. The van der Waals surface area contributed by atoms with Gasteiger partial charge in [0.05, 0.1) is 0 Å². The molecule has 6 nitrogen and oxygen atoms in total. The third-order valence-corrected chi connectivity index (χ3v) is 6.27. The Morgan fingerprint density at radius 1 is 1.22 bits per heavy atom. The molecule has 0 bridgehead atoms. The average Bonchev–Trinajstić information content (AvgIpc) is 3.15. The molecule has 2 fully saturated rings. The molecular weight excluding hydrogens is 360 g/mol. The van der Waals surface area contributed by atoms with Gasteiger partial charge in [0, 0.05) is 56.7 Å². The Morgan fingerprint density at radius 2 is 1.96 bits per heavy atom. The van der Waals surface area contributed by atoms with Crippen molar-refractivity contribution in [3.05, 3.63) is 30.3 Å². The summed E-state index contributed by atoms with van der Waals surface area (Å²) >= 11 is 1.91. The van der Waals surface area contributed by atoms with Gasteiger partial charge in [-0.15, -0.1) is 11.8 Å². The summed E-state index contributed by atoms with van der Waals surface area (Å²) in [6.07, 6.45) is 2.80. The number of hydrogen-bond acceptors (Lipinski definition) is 4. The number of carbonyl (C=O) groups excluding carboxylic acids is 2. The van der Waals surface area contributed by atoms with Crippen LogP contribution >= 0.6 is 11.8 Å². The zero-order chi connectivity index (χ0) is 19.1. The molecule has 2 aliphatic rings. The number of aliphatic imine (C=N–C) groups is 1. The maximum atomic E-state index is 11.9. The van der Waals surface area contributed by atoms with Crippen LogP contribution in [0.2, 0.25) is 0 Å². The molecule has 0 saturated carbocycles. The van der Waals surface area contributed by atoms with E-state index in [0.29, 0.717) is 38.3 Å². The van der Waals surface area contributed by atoms with Gasteiger partial charge in [-0.3, -0.25) is 19.5 Å². The third kappa shape index (κ3) is 5.48. The molecular formula is C20H28N4O2S. The zero-order valence-corrected chi connectivity index (χ0v) is 16.7. The van der Waals surface area contributed by atoms with E-state index in [9.17, 15) is 9.59 Å². The number of likely N-dealkylation sites (tertiary alicyclic amines) is 2. The van der Waals surface area contributed by atoms with E-state index in [2.05, 4.69) is 39.5 Å².